The molecule has 0 aliphatic rings. The van der Waals surface area contributed by atoms with Gasteiger partial charge in [-0.25, -0.2) is 9.67 Å². The molecule has 0 bridgehead atoms. The van der Waals surface area contributed by atoms with Crippen molar-refractivity contribution >= 4 is 11.8 Å². The van der Waals surface area contributed by atoms with Crippen LogP contribution in [-0.2, 0) is 12.3 Å². The van der Waals surface area contributed by atoms with Gasteiger partial charge in [0, 0.05) is 24.1 Å². The Morgan fingerprint density at radius 2 is 2.39 bits per heavy atom. The van der Waals surface area contributed by atoms with Gasteiger partial charge in [-0.15, -0.1) is 5.10 Å². The Bertz CT molecular complexity index is 503. The second kappa shape index (κ2) is 6.31. The Balaban J connectivity index is 2.04. The summed E-state index contributed by atoms with van der Waals surface area (Å²) < 4.78 is 6.88. The first-order chi connectivity index (χ1) is 8.85. The zero-order chi connectivity index (χ0) is 12.8. The van der Waals surface area contributed by atoms with Gasteiger partial charge in [-0.3, -0.25) is 0 Å². The lowest BCUT2D eigenvalue weighted by Gasteiger charge is -2.06. The molecule has 0 saturated heterocycles. The number of thioether (sulfide) groups is 1. The average molecular weight is 266 g/mol. The minimum Gasteiger partial charge on any atom is -0.481 e. The molecule has 2 N–H and O–H groups in total. The van der Waals surface area contributed by atoms with Crippen LogP contribution >= 0.6 is 11.8 Å². The molecule has 7 nitrogen and oxygen atoms in total. The lowest BCUT2D eigenvalue weighted by Crippen LogP contribution is -2.12. The van der Waals surface area contributed by atoms with Crippen LogP contribution in [0.25, 0.3) is 0 Å². The summed E-state index contributed by atoms with van der Waals surface area (Å²) in [6.07, 6.45) is 1.70. The molecule has 0 unspecified atom stereocenters. The van der Waals surface area contributed by atoms with Gasteiger partial charge in [-0.1, -0.05) is 17.8 Å². The highest BCUT2D eigenvalue weighted by molar-refractivity contribution is 7.98. The first kappa shape index (κ1) is 12.8. The molecule has 0 aromatic carbocycles. The monoisotopic (exact) mass is 266 g/mol. The topological polar surface area (TPSA) is 91.7 Å². The highest BCUT2D eigenvalue weighted by Gasteiger charge is 2.09. The number of methoxy groups -OCH3 is 1. The van der Waals surface area contributed by atoms with Gasteiger partial charge in [-0.2, -0.15) is 0 Å². The van der Waals surface area contributed by atoms with Crippen LogP contribution in [0.2, 0.25) is 0 Å². The first-order valence-electron chi connectivity index (χ1n) is 5.42. The van der Waals surface area contributed by atoms with Crippen LogP contribution in [0.5, 0.6) is 5.88 Å². The van der Waals surface area contributed by atoms with Gasteiger partial charge in [0.2, 0.25) is 11.0 Å². The van der Waals surface area contributed by atoms with Crippen LogP contribution < -0.4 is 10.5 Å². The summed E-state index contributed by atoms with van der Waals surface area (Å²) in [6, 6.07) is 3.84. The predicted molar refractivity (Wildman–Crippen MR) is 67.2 cm³/mol. The third kappa shape index (κ3) is 2.96. The summed E-state index contributed by atoms with van der Waals surface area (Å²) in [5.74, 6) is 1.32. The van der Waals surface area contributed by atoms with Crippen LogP contribution in [0.4, 0.5) is 0 Å². The fourth-order valence-electron chi connectivity index (χ4n) is 1.42. The van der Waals surface area contributed by atoms with E-state index in [0.29, 0.717) is 24.7 Å². The van der Waals surface area contributed by atoms with E-state index in [1.165, 1.54) is 11.8 Å². The Morgan fingerprint density at radius 1 is 1.50 bits per heavy atom. The second-order valence-corrected chi connectivity index (χ2v) is 4.38. The molecule has 0 spiro atoms. The molecule has 2 heterocycles. The van der Waals surface area contributed by atoms with E-state index < -0.39 is 0 Å². The lowest BCUT2D eigenvalue weighted by molar-refractivity contribution is 0.394. The van der Waals surface area contributed by atoms with Crippen molar-refractivity contribution in [1.82, 2.24) is 25.2 Å². The molecule has 0 saturated carbocycles. The minimum absolute atomic E-state index is 0.509. The van der Waals surface area contributed by atoms with Crippen LogP contribution in [-0.4, -0.2) is 38.8 Å². The summed E-state index contributed by atoms with van der Waals surface area (Å²) in [7, 11) is 1.61. The zero-order valence-electron chi connectivity index (χ0n) is 9.98. The molecular formula is C10H14N6OS. The maximum absolute atomic E-state index is 5.49. The number of tetrazole rings is 1. The third-order valence-electron chi connectivity index (χ3n) is 2.24. The van der Waals surface area contributed by atoms with E-state index >= 15 is 0 Å². The fourth-order valence-corrected chi connectivity index (χ4v) is 2.30. The third-order valence-corrected chi connectivity index (χ3v) is 3.25. The fraction of sp³-hybridized carbons (Fsp3) is 0.400. The highest BCUT2D eigenvalue weighted by Crippen LogP contribution is 2.24. The van der Waals surface area contributed by atoms with E-state index in [4.69, 9.17) is 10.5 Å². The van der Waals surface area contributed by atoms with Crippen LogP contribution in [0, 0.1) is 0 Å². The van der Waals surface area contributed by atoms with Gasteiger partial charge in [-0.05, 0) is 16.5 Å². The van der Waals surface area contributed by atoms with Gasteiger partial charge in [0.25, 0.3) is 0 Å². The average Bonchev–Trinajstić information content (AvgIpc) is 2.84. The number of ether oxygens (including phenoxy) is 1. The molecule has 8 heteroatoms. The molecule has 2 aromatic heterocycles. The SMILES string of the molecule is COc1ncccc1CSc1nnnn1CCN. The van der Waals surface area contributed by atoms with Crippen LogP contribution in [0.3, 0.4) is 0 Å². The first-order valence-corrected chi connectivity index (χ1v) is 6.40. The molecule has 0 radical (unpaired) electrons. The summed E-state index contributed by atoms with van der Waals surface area (Å²) in [6.45, 7) is 1.12. The summed E-state index contributed by atoms with van der Waals surface area (Å²) in [5, 5.41) is 12.2. The van der Waals surface area contributed by atoms with Crippen molar-refractivity contribution in [1.29, 1.82) is 0 Å². The van der Waals surface area contributed by atoms with E-state index in [2.05, 4.69) is 20.5 Å². The number of aromatic nitrogens is 5. The lowest BCUT2D eigenvalue weighted by atomic mass is 10.3. The molecule has 18 heavy (non-hydrogen) atoms. The number of hydrogen-bond acceptors (Lipinski definition) is 7. The van der Waals surface area contributed by atoms with Crippen molar-refractivity contribution in [2.45, 2.75) is 17.5 Å². The van der Waals surface area contributed by atoms with Crippen molar-refractivity contribution < 1.29 is 4.74 Å². The molecule has 0 amide bonds. The normalized spacial score (nSPS) is 10.6. The summed E-state index contributed by atoms with van der Waals surface area (Å²) in [4.78, 5) is 4.14. The van der Waals surface area contributed by atoms with Crippen molar-refractivity contribution in [3.05, 3.63) is 23.9 Å². The number of hydrogen-bond donors (Lipinski definition) is 1. The predicted octanol–water partition coefficient (Wildman–Crippen LogP) is 0.328. The van der Waals surface area contributed by atoms with Crippen molar-refractivity contribution in [2.24, 2.45) is 5.73 Å². The number of pyridine rings is 1. The largest absolute Gasteiger partial charge is 0.481 e. The quantitative estimate of drug-likeness (QED) is 0.753. The number of nitrogens with two attached hydrogens (primary N) is 1. The van der Waals surface area contributed by atoms with Gasteiger partial charge in [0.15, 0.2) is 0 Å². The van der Waals surface area contributed by atoms with Gasteiger partial charge in [0.05, 0.1) is 13.7 Å². The Labute approximate surface area is 109 Å². The number of nitrogens with zero attached hydrogens (tertiary/aromatic N) is 5. The molecule has 0 aliphatic heterocycles. The van der Waals surface area contributed by atoms with E-state index in [9.17, 15) is 0 Å². The van der Waals surface area contributed by atoms with E-state index in [1.54, 1.807) is 18.0 Å². The van der Waals surface area contributed by atoms with Crippen LogP contribution in [0.1, 0.15) is 5.56 Å². The Morgan fingerprint density at radius 3 is 3.17 bits per heavy atom. The van der Waals surface area contributed by atoms with E-state index in [0.717, 1.165) is 10.7 Å². The molecule has 0 fully saturated rings. The second-order valence-electron chi connectivity index (χ2n) is 3.43. The van der Waals surface area contributed by atoms with Crippen molar-refractivity contribution in [3.8, 4) is 5.88 Å². The molecule has 2 aromatic rings. The Kier molecular flexibility index (Phi) is 4.48. The molecule has 0 aliphatic carbocycles. The minimum atomic E-state index is 0.509. The van der Waals surface area contributed by atoms with E-state index in [-0.39, 0.29) is 0 Å². The Hall–Kier alpha value is -1.67. The maximum atomic E-state index is 5.49. The molecule has 0 atom stereocenters. The molecule has 2 rings (SSSR count). The van der Waals surface area contributed by atoms with Crippen molar-refractivity contribution in [2.75, 3.05) is 13.7 Å². The number of rotatable bonds is 6. The van der Waals surface area contributed by atoms with Crippen LogP contribution in [0.15, 0.2) is 23.5 Å². The smallest absolute Gasteiger partial charge is 0.217 e. The standard InChI is InChI=1S/C10H14N6OS/c1-17-9-8(3-2-5-12-9)7-18-10-13-14-15-16(10)6-4-11/h2-3,5H,4,6-7,11H2,1H3. The highest BCUT2D eigenvalue weighted by atomic mass is 32.2. The van der Waals surface area contributed by atoms with Gasteiger partial charge in [0.1, 0.15) is 0 Å². The van der Waals surface area contributed by atoms with Gasteiger partial charge < -0.3 is 10.5 Å². The molecule has 96 valence electrons. The van der Waals surface area contributed by atoms with E-state index in [1.807, 2.05) is 12.1 Å². The summed E-state index contributed by atoms with van der Waals surface area (Å²) >= 11 is 1.53. The van der Waals surface area contributed by atoms with Crippen molar-refractivity contribution in [3.63, 3.8) is 0 Å². The maximum Gasteiger partial charge on any atom is 0.217 e. The molecular weight excluding hydrogens is 252 g/mol. The summed E-state index contributed by atoms with van der Waals surface area (Å²) in [5.41, 5.74) is 6.49. The zero-order valence-corrected chi connectivity index (χ0v) is 10.8. The van der Waals surface area contributed by atoms with Gasteiger partial charge >= 0.3 is 0 Å².